The van der Waals surface area contributed by atoms with Crippen LogP contribution in [0.4, 0.5) is 34.5 Å². The van der Waals surface area contributed by atoms with Crippen LogP contribution in [-0.2, 0) is 39.0 Å². The van der Waals surface area contributed by atoms with E-state index in [1.807, 2.05) is 12.1 Å². The number of aryl methyl sites for hydroxylation is 2. The highest BCUT2D eigenvalue weighted by atomic mass is 35.5. The minimum Gasteiger partial charge on any atom is -0.497 e. The lowest BCUT2D eigenvalue weighted by Gasteiger charge is -2.43. The molecule has 0 aliphatic carbocycles. The number of piperidine rings is 2. The van der Waals surface area contributed by atoms with Gasteiger partial charge in [-0.05, 0) is 86.0 Å². The van der Waals surface area contributed by atoms with Crippen LogP contribution in [0.1, 0.15) is 66.1 Å². The molecule has 65 heavy (non-hydrogen) atoms. The van der Waals surface area contributed by atoms with Crippen LogP contribution < -0.4 is 35.0 Å². The van der Waals surface area contributed by atoms with Crippen LogP contribution in [0.15, 0.2) is 54.7 Å². The number of ether oxygens (including phenoxy) is 2. The number of nitrogens with one attached hydrogen (secondary N) is 4. The summed E-state index contributed by atoms with van der Waals surface area (Å²) in [5.41, 5.74) is 6.57. The molecule has 4 aromatic rings. The number of hydrogen-bond acceptors (Lipinski definition) is 14. The van der Waals surface area contributed by atoms with Gasteiger partial charge in [-0.25, -0.2) is 13.4 Å². The predicted molar refractivity (Wildman–Crippen MR) is 251 cm³/mol. The van der Waals surface area contributed by atoms with E-state index in [1.165, 1.54) is 18.9 Å². The van der Waals surface area contributed by atoms with Gasteiger partial charge in [-0.3, -0.25) is 29.3 Å². The first-order chi connectivity index (χ1) is 31.3. The van der Waals surface area contributed by atoms with Gasteiger partial charge in [-0.2, -0.15) is 4.98 Å². The van der Waals surface area contributed by atoms with Crippen molar-refractivity contribution in [3.8, 4) is 11.5 Å². The highest BCUT2D eigenvalue weighted by molar-refractivity contribution is 7.92. The summed E-state index contributed by atoms with van der Waals surface area (Å²) in [6.07, 6.45) is 7.97. The molecule has 4 aliphatic rings. The van der Waals surface area contributed by atoms with E-state index in [0.29, 0.717) is 47.4 Å². The second kappa shape index (κ2) is 19.8. The van der Waals surface area contributed by atoms with Gasteiger partial charge in [0.05, 0.1) is 43.7 Å². The molecule has 3 aromatic carbocycles. The number of aromatic nitrogens is 2. The molecule has 3 saturated heterocycles. The van der Waals surface area contributed by atoms with Gasteiger partial charge >= 0.3 is 0 Å². The average Bonchev–Trinajstić information content (AvgIpc) is 3.63. The van der Waals surface area contributed by atoms with Crippen LogP contribution in [0.25, 0.3) is 0 Å². The highest BCUT2D eigenvalue weighted by Crippen LogP contribution is 2.38. The molecule has 0 radical (unpaired) electrons. The number of carbonyl (C=O) groups is 3. The Morgan fingerprint density at radius 3 is 2.38 bits per heavy atom. The zero-order valence-electron chi connectivity index (χ0n) is 37.3. The van der Waals surface area contributed by atoms with Crippen LogP contribution >= 0.6 is 11.6 Å². The number of benzene rings is 3. The third-order valence-electron chi connectivity index (χ3n) is 12.9. The lowest BCUT2D eigenvalue weighted by molar-refractivity contribution is -0.136. The van der Waals surface area contributed by atoms with E-state index in [0.717, 1.165) is 101 Å². The van der Waals surface area contributed by atoms with Gasteiger partial charge in [-0.1, -0.05) is 30.7 Å². The third-order valence-corrected chi connectivity index (χ3v) is 13.7. The van der Waals surface area contributed by atoms with Crippen molar-refractivity contribution in [3.63, 3.8) is 0 Å². The maximum absolute atomic E-state index is 13.3. The van der Waals surface area contributed by atoms with E-state index in [1.54, 1.807) is 30.2 Å². The van der Waals surface area contributed by atoms with Crippen molar-refractivity contribution in [2.75, 3.05) is 86.5 Å². The fourth-order valence-corrected chi connectivity index (χ4v) is 10.2. The molecule has 1 unspecified atom stereocenters. The van der Waals surface area contributed by atoms with E-state index in [4.69, 9.17) is 21.1 Å². The Balaban J connectivity index is 0.833. The first kappa shape index (κ1) is 45.9. The lowest BCUT2D eigenvalue weighted by Crippen LogP contribution is -2.53. The number of piperazine rings is 1. The quantitative estimate of drug-likeness (QED) is 0.102. The van der Waals surface area contributed by atoms with Crippen molar-refractivity contribution in [2.45, 2.75) is 70.5 Å². The van der Waals surface area contributed by atoms with Crippen LogP contribution in [-0.4, -0.2) is 129 Å². The topological polar surface area (TPSA) is 191 Å². The van der Waals surface area contributed by atoms with Crippen LogP contribution in [0.5, 0.6) is 11.5 Å². The molecular formula is C46H57ClN10O7S. The Labute approximate surface area is 385 Å². The smallest absolute Gasteiger partial charge is 0.255 e. The monoisotopic (exact) mass is 928 g/mol. The number of fused-ring (bicyclic) bond motifs is 1. The normalized spacial score (nSPS) is 18.7. The first-order valence-electron chi connectivity index (χ1n) is 22.2. The van der Waals surface area contributed by atoms with E-state index in [-0.39, 0.29) is 46.6 Å². The van der Waals surface area contributed by atoms with Crippen LogP contribution in [0.3, 0.4) is 0 Å². The fourth-order valence-electron chi connectivity index (χ4n) is 9.47. The summed E-state index contributed by atoms with van der Waals surface area (Å²) >= 11 is 6.52. The number of carbonyl (C=O) groups excluding carboxylic acids is 3. The SMILES string of the molecule is CCc1cc(Nc2ncc(Cl)c(Nc3ccc(OC)cc3NS(C)(=O)=O)n2)c(OC)cc1N1CCC(N2CCN(CCCc3cccc4c3CN(C3CCC(=O)NC3=O)C4=O)CC2)CC1. The molecule has 19 heteroatoms. The van der Waals surface area contributed by atoms with Crippen molar-refractivity contribution in [2.24, 2.45) is 0 Å². The van der Waals surface area contributed by atoms with Crippen molar-refractivity contribution in [1.82, 2.24) is 30.0 Å². The molecule has 1 aromatic heterocycles. The predicted octanol–water partition coefficient (Wildman–Crippen LogP) is 5.55. The van der Waals surface area contributed by atoms with E-state index < -0.39 is 16.1 Å². The van der Waals surface area contributed by atoms with Crippen LogP contribution in [0, 0.1) is 0 Å². The van der Waals surface area contributed by atoms with Gasteiger partial charge in [0.25, 0.3) is 5.91 Å². The molecule has 3 amide bonds. The second-order valence-corrected chi connectivity index (χ2v) is 19.2. The zero-order valence-corrected chi connectivity index (χ0v) is 38.9. The molecular weight excluding hydrogens is 872 g/mol. The number of nitrogens with zero attached hydrogens (tertiary/aromatic N) is 6. The molecule has 17 nitrogen and oxygen atoms in total. The number of sulfonamides is 1. The number of amides is 3. The van der Waals surface area contributed by atoms with Crippen molar-refractivity contribution in [1.29, 1.82) is 0 Å². The molecule has 346 valence electrons. The van der Waals surface area contributed by atoms with Gasteiger partial charge in [-0.15, -0.1) is 0 Å². The minimum absolute atomic E-state index is 0.125. The summed E-state index contributed by atoms with van der Waals surface area (Å²) in [6, 6.07) is 14.9. The molecule has 8 rings (SSSR count). The summed E-state index contributed by atoms with van der Waals surface area (Å²) in [7, 11) is -0.447. The standard InChI is InChI=1S/C46H57ClN10O7S/c1-5-29-24-38(50-46-48-27-35(47)43(52-46)49-36-12-11-32(63-2)25-37(36)53-65(4,61)62)41(64-3)26-40(29)56-18-15-31(16-19-56)55-22-20-54(21-23-55)17-7-9-30-8-6-10-33-34(30)28-57(45(33)60)39-13-14-42(58)51-44(39)59/h6,8,10-12,24-27,31,39,53H,5,7,9,13-23,28H2,1-4H3,(H,51,58,59)(H2,48,49,50,52). The number of methoxy groups -OCH3 is 2. The fraction of sp³-hybridized carbons (Fsp3) is 0.457. The molecule has 4 N–H and O–H groups in total. The van der Waals surface area contributed by atoms with E-state index in [9.17, 15) is 22.8 Å². The Bertz CT molecular complexity index is 2550. The number of anilines is 6. The Kier molecular flexibility index (Phi) is 14.0. The Morgan fingerprint density at radius 2 is 1.68 bits per heavy atom. The first-order valence-corrected chi connectivity index (χ1v) is 24.5. The third kappa shape index (κ3) is 10.6. The largest absolute Gasteiger partial charge is 0.497 e. The maximum Gasteiger partial charge on any atom is 0.255 e. The van der Waals surface area contributed by atoms with Crippen molar-refractivity contribution in [3.05, 3.63) is 82.0 Å². The summed E-state index contributed by atoms with van der Waals surface area (Å²) < 4.78 is 37.9. The van der Waals surface area contributed by atoms with Crippen LogP contribution in [0.2, 0.25) is 5.02 Å². The summed E-state index contributed by atoms with van der Waals surface area (Å²) in [6.45, 7) is 9.56. The highest BCUT2D eigenvalue weighted by Gasteiger charge is 2.40. The minimum atomic E-state index is -3.59. The molecule has 1 atom stereocenters. The molecule has 0 saturated carbocycles. The average molecular weight is 930 g/mol. The summed E-state index contributed by atoms with van der Waals surface area (Å²) in [5.74, 6) is 0.884. The Morgan fingerprint density at radius 1 is 0.892 bits per heavy atom. The molecule has 0 bridgehead atoms. The zero-order chi connectivity index (χ0) is 45.8. The van der Waals surface area contributed by atoms with Gasteiger partial charge in [0, 0.05) is 81.7 Å². The number of rotatable bonds is 16. The lowest BCUT2D eigenvalue weighted by atomic mass is 9.99. The summed E-state index contributed by atoms with van der Waals surface area (Å²) in [5, 5.41) is 9.08. The second-order valence-electron chi connectivity index (χ2n) is 17.0. The van der Waals surface area contributed by atoms with Gasteiger partial charge < -0.3 is 34.8 Å². The van der Waals surface area contributed by atoms with E-state index in [2.05, 4.69) is 70.5 Å². The summed E-state index contributed by atoms with van der Waals surface area (Å²) in [4.78, 5) is 55.9. The van der Waals surface area contributed by atoms with Crippen molar-refractivity contribution < 1.29 is 32.3 Å². The van der Waals surface area contributed by atoms with E-state index >= 15 is 0 Å². The van der Waals surface area contributed by atoms with Gasteiger partial charge in [0.15, 0.2) is 5.82 Å². The van der Waals surface area contributed by atoms with Gasteiger partial charge in [0.1, 0.15) is 22.6 Å². The molecule has 4 aliphatic heterocycles. The number of halogens is 1. The van der Waals surface area contributed by atoms with Crippen molar-refractivity contribution >= 4 is 73.9 Å². The molecule has 3 fully saturated rings. The number of imide groups is 1. The maximum atomic E-state index is 13.3. The van der Waals surface area contributed by atoms with Gasteiger partial charge in [0.2, 0.25) is 27.8 Å². The molecule has 0 spiro atoms. The molecule has 5 heterocycles. The number of hydrogen-bond donors (Lipinski definition) is 4. The Hall–Kier alpha value is -5.69.